The first-order valence-electron chi connectivity index (χ1n) is 5.90. The van der Waals surface area contributed by atoms with Crippen LogP contribution in [0, 0.1) is 0 Å². The van der Waals surface area contributed by atoms with Crippen LogP contribution >= 0.6 is 0 Å². The van der Waals surface area contributed by atoms with Gasteiger partial charge in [0, 0.05) is 44.8 Å². The molecule has 0 saturated carbocycles. The fourth-order valence-electron chi connectivity index (χ4n) is 2.28. The highest BCUT2D eigenvalue weighted by molar-refractivity contribution is 5.62. The van der Waals surface area contributed by atoms with Crippen LogP contribution in [0.25, 0.3) is 0 Å². The van der Waals surface area contributed by atoms with Gasteiger partial charge in [-0.1, -0.05) is 18.2 Å². The predicted octanol–water partition coefficient (Wildman–Crippen LogP) is 1.66. The normalized spacial score (nSPS) is 15.5. The van der Waals surface area contributed by atoms with Crippen LogP contribution in [0.15, 0.2) is 36.7 Å². The summed E-state index contributed by atoms with van der Waals surface area (Å²) in [5.41, 5.74) is 2.58. The molecule has 0 spiro atoms. The van der Waals surface area contributed by atoms with Crippen molar-refractivity contribution in [1.29, 1.82) is 0 Å². The maximum Gasteiger partial charge on any atom is 0.209 e. The Kier molecular flexibility index (Phi) is 2.57. The molecule has 1 N–H and O–H groups in total. The molecule has 0 fully saturated rings. The number of nitrogens with one attached hydrogen (secondary N) is 1. The van der Waals surface area contributed by atoms with E-state index in [0.29, 0.717) is 0 Å². The van der Waals surface area contributed by atoms with Crippen molar-refractivity contribution in [2.75, 3.05) is 18.0 Å². The molecule has 4 nitrogen and oxygen atoms in total. The fourth-order valence-corrected chi connectivity index (χ4v) is 2.28. The van der Waals surface area contributed by atoms with Crippen molar-refractivity contribution >= 4 is 11.6 Å². The number of anilines is 2. The molecule has 0 saturated heterocycles. The van der Waals surface area contributed by atoms with Gasteiger partial charge in [0.2, 0.25) is 5.95 Å². The molecule has 2 aromatic rings. The van der Waals surface area contributed by atoms with Crippen LogP contribution in [0.5, 0.6) is 0 Å². The van der Waals surface area contributed by atoms with E-state index in [1.165, 1.54) is 11.3 Å². The standard InChI is InChI=1S/C13H16N4/c1-16-8-7-15-13(16)17-9-6-14-10-11-4-2-3-5-12(11)17/h2-5,7-8,14H,6,9-10H2,1H3. The van der Waals surface area contributed by atoms with E-state index < -0.39 is 0 Å². The number of benzene rings is 1. The molecule has 0 amide bonds. The fraction of sp³-hybridized carbons (Fsp3) is 0.308. The highest BCUT2D eigenvalue weighted by atomic mass is 15.3. The second-order valence-electron chi connectivity index (χ2n) is 4.30. The lowest BCUT2D eigenvalue weighted by Crippen LogP contribution is -2.26. The third-order valence-electron chi connectivity index (χ3n) is 3.15. The number of para-hydroxylation sites is 1. The Morgan fingerprint density at radius 1 is 1.29 bits per heavy atom. The van der Waals surface area contributed by atoms with Gasteiger partial charge < -0.3 is 14.8 Å². The minimum absolute atomic E-state index is 0.928. The van der Waals surface area contributed by atoms with E-state index >= 15 is 0 Å². The van der Waals surface area contributed by atoms with Gasteiger partial charge in [-0.25, -0.2) is 4.98 Å². The van der Waals surface area contributed by atoms with Crippen LogP contribution in [-0.2, 0) is 13.6 Å². The van der Waals surface area contributed by atoms with Crippen LogP contribution in [0.1, 0.15) is 5.56 Å². The highest BCUT2D eigenvalue weighted by Crippen LogP contribution is 2.27. The SMILES string of the molecule is Cn1ccnc1N1CCNCc2ccccc21. The Hall–Kier alpha value is -1.81. The maximum absolute atomic E-state index is 4.44. The third-order valence-corrected chi connectivity index (χ3v) is 3.15. The van der Waals surface area contributed by atoms with Gasteiger partial charge in [-0.3, -0.25) is 0 Å². The number of imidazole rings is 1. The summed E-state index contributed by atoms with van der Waals surface area (Å²) in [5, 5.41) is 3.44. The Morgan fingerprint density at radius 3 is 3.00 bits per heavy atom. The molecule has 1 aliphatic rings. The summed E-state index contributed by atoms with van der Waals surface area (Å²) >= 11 is 0. The van der Waals surface area contributed by atoms with E-state index in [-0.39, 0.29) is 0 Å². The average molecular weight is 228 g/mol. The Bertz CT molecular complexity index is 518. The maximum atomic E-state index is 4.44. The van der Waals surface area contributed by atoms with Crippen LogP contribution in [0.3, 0.4) is 0 Å². The smallest absolute Gasteiger partial charge is 0.209 e. The van der Waals surface area contributed by atoms with Gasteiger partial charge in [0.05, 0.1) is 0 Å². The molecule has 1 aliphatic heterocycles. The van der Waals surface area contributed by atoms with E-state index in [4.69, 9.17) is 0 Å². The molecule has 1 aromatic carbocycles. The number of aromatic nitrogens is 2. The second kappa shape index (κ2) is 4.22. The molecule has 0 atom stereocenters. The van der Waals surface area contributed by atoms with Crippen LogP contribution < -0.4 is 10.2 Å². The second-order valence-corrected chi connectivity index (χ2v) is 4.30. The van der Waals surface area contributed by atoms with E-state index in [2.05, 4.69) is 44.0 Å². The van der Waals surface area contributed by atoms with Gasteiger partial charge in [-0.15, -0.1) is 0 Å². The monoisotopic (exact) mass is 228 g/mol. The highest BCUT2D eigenvalue weighted by Gasteiger charge is 2.18. The van der Waals surface area contributed by atoms with E-state index in [9.17, 15) is 0 Å². The lowest BCUT2D eigenvalue weighted by molar-refractivity contribution is 0.705. The molecule has 4 heteroatoms. The molecule has 0 radical (unpaired) electrons. The molecular weight excluding hydrogens is 212 g/mol. The Labute approximate surface area is 101 Å². The lowest BCUT2D eigenvalue weighted by Gasteiger charge is -2.23. The number of nitrogens with zero attached hydrogens (tertiary/aromatic N) is 3. The van der Waals surface area contributed by atoms with Gasteiger partial charge in [0.15, 0.2) is 0 Å². The van der Waals surface area contributed by atoms with Gasteiger partial charge in [-0.2, -0.15) is 0 Å². The third kappa shape index (κ3) is 1.80. The van der Waals surface area contributed by atoms with Gasteiger partial charge in [0.1, 0.15) is 0 Å². The van der Waals surface area contributed by atoms with E-state index in [0.717, 1.165) is 25.6 Å². The van der Waals surface area contributed by atoms with Gasteiger partial charge in [-0.05, 0) is 11.6 Å². The summed E-state index contributed by atoms with van der Waals surface area (Å²) in [5.74, 6) is 1.00. The molecule has 0 bridgehead atoms. The summed E-state index contributed by atoms with van der Waals surface area (Å²) in [7, 11) is 2.03. The zero-order valence-electron chi connectivity index (χ0n) is 9.93. The van der Waals surface area contributed by atoms with Crippen molar-refractivity contribution in [2.24, 2.45) is 7.05 Å². The largest absolute Gasteiger partial charge is 0.320 e. The molecule has 0 aliphatic carbocycles. The van der Waals surface area contributed by atoms with E-state index in [1.54, 1.807) is 0 Å². The first kappa shape index (κ1) is 10.4. The number of fused-ring (bicyclic) bond motifs is 1. The van der Waals surface area contributed by atoms with Gasteiger partial charge in [0.25, 0.3) is 0 Å². The molecule has 2 heterocycles. The number of hydrogen-bond donors (Lipinski definition) is 1. The molecule has 3 rings (SSSR count). The molecular formula is C13H16N4. The van der Waals surface area contributed by atoms with Crippen LogP contribution in [-0.4, -0.2) is 22.6 Å². The summed E-state index contributed by atoms with van der Waals surface area (Å²) in [6.45, 7) is 2.85. The first-order chi connectivity index (χ1) is 8.36. The molecule has 0 unspecified atom stereocenters. The lowest BCUT2D eigenvalue weighted by atomic mass is 10.1. The van der Waals surface area contributed by atoms with Crippen molar-refractivity contribution in [2.45, 2.75) is 6.54 Å². The quantitative estimate of drug-likeness (QED) is 0.806. The Balaban J connectivity index is 2.09. The summed E-state index contributed by atoms with van der Waals surface area (Å²) in [6, 6.07) is 8.50. The predicted molar refractivity (Wildman–Crippen MR) is 68.4 cm³/mol. The minimum atomic E-state index is 0.928. The van der Waals surface area contributed by atoms with Crippen LogP contribution in [0.2, 0.25) is 0 Å². The topological polar surface area (TPSA) is 33.1 Å². The van der Waals surface area contributed by atoms with Crippen molar-refractivity contribution in [3.63, 3.8) is 0 Å². The van der Waals surface area contributed by atoms with Crippen molar-refractivity contribution in [3.8, 4) is 0 Å². The van der Waals surface area contributed by atoms with Gasteiger partial charge >= 0.3 is 0 Å². The summed E-state index contributed by atoms with van der Waals surface area (Å²) in [6.07, 6.45) is 3.83. The molecule has 88 valence electrons. The Morgan fingerprint density at radius 2 is 2.18 bits per heavy atom. The van der Waals surface area contributed by atoms with Crippen molar-refractivity contribution in [1.82, 2.24) is 14.9 Å². The number of aryl methyl sites for hydroxylation is 1. The van der Waals surface area contributed by atoms with E-state index in [1.807, 2.05) is 19.4 Å². The summed E-state index contributed by atoms with van der Waals surface area (Å²) in [4.78, 5) is 6.71. The van der Waals surface area contributed by atoms with Crippen molar-refractivity contribution < 1.29 is 0 Å². The number of hydrogen-bond acceptors (Lipinski definition) is 3. The zero-order chi connectivity index (χ0) is 11.7. The minimum Gasteiger partial charge on any atom is -0.320 e. The molecule has 17 heavy (non-hydrogen) atoms. The average Bonchev–Trinajstić information content (AvgIpc) is 2.66. The molecule has 1 aromatic heterocycles. The summed E-state index contributed by atoms with van der Waals surface area (Å²) < 4.78 is 2.06. The van der Waals surface area contributed by atoms with Crippen LogP contribution in [0.4, 0.5) is 11.6 Å². The zero-order valence-corrected chi connectivity index (χ0v) is 9.93. The first-order valence-corrected chi connectivity index (χ1v) is 5.90. The number of rotatable bonds is 1. The van der Waals surface area contributed by atoms with Crippen molar-refractivity contribution in [3.05, 3.63) is 42.2 Å².